The van der Waals surface area contributed by atoms with Gasteiger partial charge in [-0.15, -0.1) is 0 Å². The molecule has 3 atom stereocenters. The normalized spacial score (nSPS) is 18.3. The molecule has 0 bridgehead atoms. The molecule has 1 amide bonds. The van der Waals surface area contributed by atoms with Crippen molar-refractivity contribution >= 4 is 11.6 Å². The van der Waals surface area contributed by atoms with Gasteiger partial charge in [0.1, 0.15) is 19.0 Å². The Bertz CT molecular complexity index is 753. The predicted octanol–water partition coefficient (Wildman–Crippen LogP) is 1.51. The molecule has 0 saturated heterocycles. The van der Waals surface area contributed by atoms with Gasteiger partial charge in [-0.1, -0.05) is 24.3 Å². The molecule has 2 aromatic carbocycles. The second-order valence-electron chi connectivity index (χ2n) is 6.24. The number of hydrogen-bond donors (Lipinski definition) is 2. The van der Waals surface area contributed by atoms with Crippen molar-refractivity contribution < 1.29 is 23.6 Å². The second kappa shape index (κ2) is 7.53. The Morgan fingerprint density at radius 2 is 1.92 bits per heavy atom. The van der Waals surface area contributed by atoms with Crippen LogP contribution in [0.25, 0.3) is 0 Å². The minimum atomic E-state index is -0.443. The molecule has 2 aromatic rings. The van der Waals surface area contributed by atoms with Crippen LogP contribution >= 0.6 is 0 Å². The number of likely N-dealkylation sites (N-methyl/N-ethyl adjacent to an activating group) is 1. The molecule has 2 N–H and O–H groups in total. The molecular formula is C19H22FN2O3+. The molecule has 1 heterocycles. The molecule has 0 fully saturated rings. The Labute approximate surface area is 146 Å². The van der Waals surface area contributed by atoms with Crippen molar-refractivity contribution in [2.45, 2.75) is 19.1 Å². The van der Waals surface area contributed by atoms with Gasteiger partial charge in [0.15, 0.2) is 23.6 Å². The molecule has 6 heteroatoms. The highest BCUT2D eigenvalue weighted by Crippen LogP contribution is 2.30. The molecular weight excluding hydrogens is 323 g/mol. The third-order valence-corrected chi connectivity index (χ3v) is 4.38. The number of halogens is 1. The first kappa shape index (κ1) is 17.2. The fourth-order valence-corrected chi connectivity index (χ4v) is 2.73. The molecule has 0 aromatic heterocycles. The monoisotopic (exact) mass is 345 g/mol. The Morgan fingerprint density at radius 3 is 2.68 bits per heavy atom. The summed E-state index contributed by atoms with van der Waals surface area (Å²) in [5, 5.41) is 2.64. The van der Waals surface area contributed by atoms with Crippen LogP contribution in [0.3, 0.4) is 0 Å². The highest BCUT2D eigenvalue weighted by Gasteiger charge is 2.29. The maximum Gasteiger partial charge on any atom is 0.282 e. The van der Waals surface area contributed by atoms with Crippen LogP contribution in [0.1, 0.15) is 6.92 Å². The molecule has 132 valence electrons. The third-order valence-electron chi connectivity index (χ3n) is 4.38. The van der Waals surface area contributed by atoms with Crippen molar-refractivity contribution in [3.8, 4) is 11.5 Å². The van der Waals surface area contributed by atoms with E-state index in [9.17, 15) is 9.18 Å². The molecule has 0 saturated carbocycles. The number of hydrogen-bond acceptors (Lipinski definition) is 3. The minimum Gasteiger partial charge on any atom is -0.486 e. The van der Waals surface area contributed by atoms with Crippen LogP contribution < -0.4 is 19.7 Å². The zero-order valence-electron chi connectivity index (χ0n) is 14.3. The molecule has 1 aliphatic heterocycles. The number of carbonyl (C=O) groups excluding carboxylic acids is 1. The molecule has 0 radical (unpaired) electrons. The van der Waals surface area contributed by atoms with Gasteiger partial charge in [0, 0.05) is 0 Å². The van der Waals surface area contributed by atoms with Crippen molar-refractivity contribution in [1.82, 2.24) is 0 Å². The predicted molar refractivity (Wildman–Crippen MR) is 92.6 cm³/mol. The summed E-state index contributed by atoms with van der Waals surface area (Å²) in [5.74, 6) is 0.776. The third kappa shape index (κ3) is 4.09. The highest BCUT2D eigenvalue weighted by molar-refractivity contribution is 5.93. The molecule has 5 nitrogen and oxygen atoms in total. The maximum atomic E-state index is 13.7. The standard InChI is InChI=1S/C19H21FN2O3/c1-13(19(23)21-16-8-4-3-7-15(16)20)22(2)11-14-12-24-17-9-5-6-10-18(17)25-14/h3-10,13-14H,11-12H2,1-2H3,(H,21,23)/p+1/t13-,14-/m1/s1. The Hall–Kier alpha value is -2.60. The van der Waals surface area contributed by atoms with Crippen LogP contribution in [0.5, 0.6) is 11.5 Å². The van der Waals surface area contributed by atoms with Crippen LogP contribution in [-0.4, -0.2) is 38.3 Å². The fraction of sp³-hybridized carbons (Fsp3) is 0.316. The van der Waals surface area contributed by atoms with E-state index in [0.717, 1.165) is 16.4 Å². The van der Waals surface area contributed by atoms with Gasteiger partial charge in [-0.25, -0.2) is 4.39 Å². The Balaban J connectivity index is 1.57. The number of anilines is 1. The van der Waals surface area contributed by atoms with Crippen molar-refractivity contribution in [2.24, 2.45) is 0 Å². The first-order chi connectivity index (χ1) is 12.0. The first-order valence-electron chi connectivity index (χ1n) is 8.31. The number of quaternary nitrogens is 1. The Morgan fingerprint density at radius 1 is 1.24 bits per heavy atom. The summed E-state index contributed by atoms with van der Waals surface area (Å²) in [6.07, 6.45) is -0.140. The molecule has 0 aliphatic carbocycles. The lowest BCUT2D eigenvalue weighted by Crippen LogP contribution is -3.15. The van der Waals surface area contributed by atoms with E-state index >= 15 is 0 Å². The molecule has 1 aliphatic rings. The van der Waals surface area contributed by atoms with E-state index in [-0.39, 0.29) is 23.7 Å². The lowest BCUT2D eigenvalue weighted by atomic mass is 10.2. The zero-order valence-corrected chi connectivity index (χ0v) is 14.3. The average Bonchev–Trinajstić information content (AvgIpc) is 2.62. The number of nitrogens with one attached hydrogen (secondary N) is 2. The van der Waals surface area contributed by atoms with E-state index in [1.807, 2.05) is 38.2 Å². The maximum absolute atomic E-state index is 13.7. The van der Waals surface area contributed by atoms with Gasteiger partial charge in [-0.05, 0) is 31.2 Å². The summed E-state index contributed by atoms with van der Waals surface area (Å²) in [4.78, 5) is 13.3. The first-order valence-corrected chi connectivity index (χ1v) is 8.31. The van der Waals surface area contributed by atoms with Gasteiger partial charge in [0.05, 0.1) is 12.7 Å². The highest BCUT2D eigenvalue weighted by atomic mass is 19.1. The van der Waals surface area contributed by atoms with Crippen LogP contribution in [0, 0.1) is 5.82 Å². The largest absolute Gasteiger partial charge is 0.486 e. The summed E-state index contributed by atoms with van der Waals surface area (Å²) in [7, 11) is 1.91. The summed E-state index contributed by atoms with van der Waals surface area (Å²) in [6, 6.07) is 13.3. The molecule has 1 unspecified atom stereocenters. The van der Waals surface area contributed by atoms with Crippen LogP contribution in [0.15, 0.2) is 48.5 Å². The van der Waals surface area contributed by atoms with Gasteiger partial charge in [-0.2, -0.15) is 0 Å². The quantitative estimate of drug-likeness (QED) is 0.864. The fourth-order valence-electron chi connectivity index (χ4n) is 2.73. The Kier molecular flexibility index (Phi) is 5.19. The smallest absolute Gasteiger partial charge is 0.282 e. The second-order valence-corrected chi connectivity index (χ2v) is 6.24. The van der Waals surface area contributed by atoms with E-state index in [2.05, 4.69) is 5.32 Å². The number of benzene rings is 2. The summed E-state index contributed by atoms with van der Waals surface area (Å²) in [5.41, 5.74) is 0.193. The van der Waals surface area contributed by atoms with E-state index < -0.39 is 5.82 Å². The van der Waals surface area contributed by atoms with Gasteiger partial charge in [-0.3, -0.25) is 4.79 Å². The van der Waals surface area contributed by atoms with E-state index in [1.54, 1.807) is 18.2 Å². The topological polar surface area (TPSA) is 52.0 Å². The number of rotatable bonds is 5. The van der Waals surface area contributed by atoms with Crippen molar-refractivity contribution in [1.29, 1.82) is 0 Å². The minimum absolute atomic E-state index is 0.140. The van der Waals surface area contributed by atoms with Crippen molar-refractivity contribution in [3.63, 3.8) is 0 Å². The number of amides is 1. The molecule has 25 heavy (non-hydrogen) atoms. The lowest BCUT2D eigenvalue weighted by Gasteiger charge is -2.29. The zero-order chi connectivity index (χ0) is 17.8. The summed E-state index contributed by atoms with van der Waals surface area (Å²) >= 11 is 0. The summed E-state index contributed by atoms with van der Waals surface area (Å²) in [6.45, 7) is 2.85. The number of ether oxygens (including phenoxy) is 2. The summed E-state index contributed by atoms with van der Waals surface area (Å²) < 4.78 is 25.3. The number of fused-ring (bicyclic) bond motifs is 1. The number of carbonyl (C=O) groups is 1. The number of para-hydroxylation sites is 3. The SMILES string of the molecule is C[C@H](C(=O)Nc1ccccc1F)[NH+](C)C[C@@H]1COc2ccccc2O1. The van der Waals surface area contributed by atoms with Gasteiger partial charge < -0.3 is 19.7 Å². The van der Waals surface area contributed by atoms with Crippen LogP contribution in [0.2, 0.25) is 0 Å². The molecule has 0 spiro atoms. The van der Waals surface area contributed by atoms with Crippen LogP contribution in [0.4, 0.5) is 10.1 Å². The molecule has 3 rings (SSSR count). The van der Waals surface area contributed by atoms with Crippen molar-refractivity contribution in [3.05, 3.63) is 54.3 Å². The van der Waals surface area contributed by atoms with E-state index in [0.29, 0.717) is 13.2 Å². The van der Waals surface area contributed by atoms with Gasteiger partial charge >= 0.3 is 0 Å². The van der Waals surface area contributed by atoms with Crippen molar-refractivity contribution in [2.75, 3.05) is 25.5 Å². The van der Waals surface area contributed by atoms with Crippen LogP contribution in [-0.2, 0) is 4.79 Å². The van der Waals surface area contributed by atoms with Gasteiger partial charge in [0.2, 0.25) is 0 Å². The van der Waals surface area contributed by atoms with E-state index in [1.165, 1.54) is 6.07 Å². The van der Waals surface area contributed by atoms with Gasteiger partial charge in [0.25, 0.3) is 5.91 Å². The lowest BCUT2D eigenvalue weighted by molar-refractivity contribution is -0.896. The van der Waals surface area contributed by atoms with E-state index in [4.69, 9.17) is 9.47 Å². The average molecular weight is 345 g/mol.